The van der Waals surface area contributed by atoms with Crippen LogP contribution in [-0.2, 0) is 21.4 Å². The number of nitrogens with one attached hydrogen (secondary N) is 1. The predicted molar refractivity (Wildman–Crippen MR) is 68.3 cm³/mol. The second-order valence-electron chi connectivity index (χ2n) is 3.97. The highest BCUT2D eigenvalue weighted by Crippen LogP contribution is 2.13. The average molecular weight is 296 g/mol. The van der Waals surface area contributed by atoms with Crippen LogP contribution in [0.3, 0.4) is 0 Å². The molecule has 0 aliphatic heterocycles. The van der Waals surface area contributed by atoms with E-state index in [1.54, 1.807) is 0 Å². The molecular weight excluding hydrogens is 284 g/mol. The molecule has 1 aromatic carbocycles. The van der Waals surface area contributed by atoms with Gasteiger partial charge in [0.05, 0.1) is 23.4 Å². The second-order valence-corrected chi connectivity index (χ2v) is 5.65. The zero-order valence-electron chi connectivity index (χ0n) is 10.5. The van der Waals surface area contributed by atoms with Crippen LogP contribution in [0.25, 0.3) is 5.69 Å². The Morgan fingerprint density at radius 1 is 1.35 bits per heavy atom. The summed E-state index contributed by atoms with van der Waals surface area (Å²) in [4.78, 5) is 10.8. The molecule has 0 saturated carbocycles. The lowest BCUT2D eigenvalue weighted by molar-refractivity contribution is -0.117. The molecule has 0 saturated heterocycles. The summed E-state index contributed by atoms with van der Waals surface area (Å²) < 4.78 is 26.8. The monoisotopic (exact) mass is 296 g/mol. The Kier molecular flexibility index (Phi) is 3.81. The number of carbonyl (C=O) groups excluding carboxylic acids is 1. The molecule has 1 heterocycles. The van der Waals surface area contributed by atoms with Crippen LogP contribution < -0.4 is 4.72 Å². The molecule has 0 aliphatic carbocycles. The minimum absolute atomic E-state index is 0.0288. The number of benzene rings is 1. The Labute approximate surface area is 115 Å². The summed E-state index contributed by atoms with van der Waals surface area (Å²) in [6, 6.07) is 5.73. The average Bonchev–Trinajstić information content (AvgIpc) is 2.86. The molecule has 20 heavy (non-hydrogen) atoms. The molecule has 2 aromatic rings. The van der Waals surface area contributed by atoms with E-state index in [0.717, 1.165) is 6.92 Å². The van der Waals surface area contributed by atoms with E-state index in [9.17, 15) is 13.2 Å². The number of rotatable bonds is 4. The third kappa shape index (κ3) is 3.00. The molecule has 8 nitrogen and oxygen atoms in total. The van der Waals surface area contributed by atoms with Crippen molar-refractivity contribution in [2.24, 2.45) is 0 Å². The Bertz CT molecular complexity index is 721. The van der Waals surface area contributed by atoms with Crippen LogP contribution in [0.15, 0.2) is 35.4 Å². The summed E-state index contributed by atoms with van der Waals surface area (Å²) >= 11 is 0. The third-order valence-corrected chi connectivity index (χ3v) is 3.84. The largest absolute Gasteiger partial charge is 0.390 e. The van der Waals surface area contributed by atoms with Crippen LogP contribution in [0.2, 0.25) is 0 Å². The zero-order chi connectivity index (χ0) is 14.8. The minimum Gasteiger partial charge on any atom is -0.390 e. The number of aliphatic hydroxyl groups excluding tert-OH is 1. The van der Waals surface area contributed by atoms with E-state index in [-0.39, 0.29) is 11.5 Å². The van der Waals surface area contributed by atoms with E-state index >= 15 is 0 Å². The molecule has 1 amide bonds. The highest BCUT2D eigenvalue weighted by Gasteiger charge is 2.15. The molecule has 0 unspecified atom stereocenters. The van der Waals surface area contributed by atoms with Gasteiger partial charge in [-0.05, 0) is 24.3 Å². The van der Waals surface area contributed by atoms with Crippen molar-refractivity contribution in [2.45, 2.75) is 18.4 Å². The molecule has 2 N–H and O–H groups in total. The fourth-order valence-electron chi connectivity index (χ4n) is 1.52. The van der Waals surface area contributed by atoms with Crippen molar-refractivity contribution in [1.29, 1.82) is 0 Å². The van der Waals surface area contributed by atoms with Gasteiger partial charge in [0.25, 0.3) is 10.0 Å². The van der Waals surface area contributed by atoms with Crippen molar-refractivity contribution < 1.29 is 18.3 Å². The fourth-order valence-corrected chi connectivity index (χ4v) is 2.51. The number of hydrogen-bond acceptors (Lipinski definition) is 6. The smallest absolute Gasteiger partial charge is 0.264 e. The number of amides is 1. The van der Waals surface area contributed by atoms with Gasteiger partial charge in [-0.1, -0.05) is 5.21 Å². The van der Waals surface area contributed by atoms with Crippen LogP contribution in [0.5, 0.6) is 0 Å². The first-order chi connectivity index (χ1) is 9.42. The van der Waals surface area contributed by atoms with E-state index in [4.69, 9.17) is 5.11 Å². The highest BCUT2D eigenvalue weighted by molar-refractivity contribution is 7.90. The molecule has 0 atom stereocenters. The number of aliphatic hydroxyl groups is 1. The van der Waals surface area contributed by atoms with Crippen LogP contribution in [-0.4, -0.2) is 34.4 Å². The van der Waals surface area contributed by atoms with Crippen LogP contribution in [0, 0.1) is 0 Å². The zero-order valence-corrected chi connectivity index (χ0v) is 11.3. The Hall–Kier alpha value is -2.26. The van der Waals surface area contributed by atoms with Gasteiger partial charge in [0.2, 0.25) is 5.91 Å². The first kappa shape index (κ1) is 14.2. The predicted octanol–water partition coefficient (Wildman–Crippen LogP) is -0.416. The molecule has 1 aromatic heterocycles. The van der Waals surface area contributed by atoms with Gasteiger partial charge in [0.15, 0.2) is 0 Å². The van der Waals surface area contributed by atoms with Gasteiger partial charge in [-0.2, -0.15) is 0 Å². The summed E-state index contributed by atoms with van der Waals surface area (Å²) in [7, 11) is -3.84. The van der Waals surface area contributed by atoms with E-state index in [2.05, 4.69) is 10.3 Å². The lowest BCUT2D eigenvalue weighted by Crippen LogP contribution is -2.28. The molecule has 0 aliphatic rings. The maximum atomic E-state index is 11.7. The molecule has 0 spiro atoms. The quantitative estimate of drug-likeness (QED) is 0.792. The van der Waals surface area contributed by atoms with Crippen molar-refractivity contribution in [3.8, 4) is 5.69 Å². The summed E-state index contributed by atoms with van der Waals surface area (Å²) in [5.41, 5.74) is 0.985. The highest BCUT2D eigenvalue weighted by atomic mass is 32.2. The van der Waals surface area contributed by atoms with Crippen LogP contribution in [0.4, 0.5) is 0 Å². The molecule has 106 valence electrons. The Morgan fingerprint density at radius 2 is 2.00 bits per heavy atom. The number of aromatic nitrogens is 3. The molecule has 0 fully saturated rings. The summed E-state index contributed by atoms with van der Waals surface area (Å²) in [6.45, 7) is 0.896. The maximum Gasteiger partial charge on any atom is 0.264 e. The lowest BCUT2D eigenvalue weighted by Gasteiger charge is -2.05. The minimum atomic E-state index is -3.84. The van der Waals surface area contributed by atoms with Crippen molar-refractivity contribution in [1.82, 2.24) is 19.7 Å². The molecule has 0 radical (unpaired) electrons. The first-order valence-electron chi connectivity index (χ1n) is 5.58. The molecular formula is C11H12N4O4S. The Balaban J connectivity index is 2.28. The summed E-state index contributed by atoms with van der Waals surface area (Å²) in [6.07, 6.45) is 1.53. The van der Waals surface area contributed by atoms with E-state index in [0.29, 0.717) is 11.4 Å². The third-order valence-electron chi connectivity index (χ3n) is 2.39. The van der Waals surface area contributed by atoms with Crippen molar-refractivity contribution in [3.63, 3.8) is 0 Å². The second kappa shape index (κ2) is 5.39. The SMILES string of the molecule is CC(=O)NS(=O)(=O)c1ccc(-n2cc(CO)nn2)cc1. The van der Waals surface area contributed by atoms with E-state index in [1.165, 1.54) is 35.1 Å². The van der Waals surface area contributed by atoms with Gasteiger partial charge in [-0.3, -0.25) is 4.79 Å². The van der Waals surface area contributed by atoms with Crippen molar-refractivity contribution in [2.75, 3.05) is 0 Å². The van der Waals surface area contributed by atoms with Gasteiger partial charge in [0.1, 0.15) is 5.69 Å². The number of hydrogen-bond donors (Lipinski definition) is 2. The maximum absolute atomic E-state index is 11.7. The summed E-state index contributed by atoms with van der Waals surface area (Å²) in [5, 5.41) is 16.4. The van der Waals surface area contributed by atoms with Gasteiger partial charge in [-0.15, -0.1) is 5.10 Å². The van der Waals surface area contributed by atoms with Gasteiger partial charge in [-0.25, -0.2) is 17.8 Å². The van der Waals surface area contributed by atoms with Gasteiger partial charge < -0.3 is 5.11 Å². The first-order valence-corrected chi connectivity index (χ1v) is 7.06. The fraction of sp³-hybridized carbons (Fsp3) is 0.182. The van der Waals surface area contributed by atoms with Crippen molar-refractivity contribution >= 4 is 15.9 Å². The van der Waals surface area contributed by atoms with Crippen LogP contribution >= 0.6 is 0 Å². The Morgan fingerprint density at radius 3 is 2.50 bits per heavy atom. The normalized spacial score (nSPS) is 11.3. The molecule has 9 heteroatoms. The summed E-state index contributed by atoms with van der Waals surface area (Å²) in [5.74, 6) is -0.655. The van der Waals surface area contributed by atoms with Gasteiger partial charge >= 0.3 is 0 Å². The van der Waals surface area contributed by atoms with Crippen LogP contribution in [0.1, 0.15) is 12.6 Å². The van der Waals surface area contributed by atoms with Gasteiger partial charge in [0, 0.05) is 6.92 Å². The lowest BCUT2D eigenvalue weighted by atomic mass is 10.3. The van der Waals surface area contributed by atoms with Crippen molar-refractivity contribution in [3.05, 3.63) is 36.2 Å². The standard InChI is InChI=1S/C11H12N4O4S/c1-8(17)13-20(18,19)11-4-2-10(3-5-11)15-6-9(7-16)12-14-15/h2-6,16H,7H2,1H3,(H,13,17). The van der Waals surface area contributed by atoms with E-state index < -0.39 is 15.9 Å². The van der Waals surface area contributed by atoms with E-state index in [1.807, 2.05) is 4.72 Å². The molecule has 0 bridgehead atoms. The number of sulfonamides is 1. The number of carbonyl (C=O) groups is 1. The molecule has 2 rings (SSSR count). The number of nitrogens with zero attached hydrogens (tertiary/aromatic N) is 3. The topological polar surface area (TPSA) is 114 Å².